The van der Waals surface area contributed by atoms with Gasteiger partial charge in [0, 0.05) is 0 Å². The van der Waals surface area contributed by atoms with E-state index in [1.807, 2.05) is 0 Å². The predicted molar refractivity (Wildman–Crippen MR) is 45.6 cm³/mol. The lowest BCUT2D eigenvalue weighted by molar-refractivity contribution is -0.422. The van der Waals surface area contributed by atoms with Gasteiger partial charge in [-0.25, -0.2) is 0 Å². The van der Waals surface area contributed by atoms with Crippen LogP contribution in [0, 0.1) is 20.2 Å². The standard InChI is InChI=1S/C6H2N4O5/c11-3-1-2(9(12)13)6(10(14)15)5-4(3)7-8-5/h1,11H. The van der Waals surface area contributed by atoms with E-state index in [-0.39, 0.29) is 11.4 Å². The Morgan fingerprint density at radius 3 is 2.13 bits per heavy atom. The lowest BCUT2D eigenvalue weighted by Gasteiger charge is -2.08. The first kappa shape index (κ1) is 8.99. The number of hydrogen-bond donors (Lipinski definition) is 1. The number of aromatic hydroxyl groups is 1. The van der Waals surface area contributed by atoms with Crippen molar-refractivity contribution in [3.63, 3.8) is 0 Å². The van der Waals surface area contributed by atoms with Gasteiger partial charge in [-0.3, -0.25) is 20.2 Å². The second kappa shape index (κ2) is 2.70. The summed E-state index contributed by atoms with van der Waals surface area (Å²) in [6.07, 6.45) is 0. The lowest BCUT2D eigenvalue weighted by Crippen LogP contribution is -1.98. The van der Waals surface area contributed by atoms with E-state index in [1.54, 1.807) is 0 Å². The quantitative estimate of drug-likeness (QED) is 0.597. The minimum Gasteiger partial charge on any atom is -0.505 e. The van der Waals surface area contributed by atoms with E-state index in [1.165, 1.54) is 0 Å². The van der Waals surface area contributed by atoms with E-state index >= 15 is 0 Å². The number of benzene rings is 1. The average molecular weight is 210 g/mol. The topological polar surface area (TPSA) is 131 Å². The van der Waals surface area contributed by atoms with Crippen LogP contribution in [0.25, 0.3) is 0 Å². The largest absolute Gasteiger partial charge is 0.505 e. The molecule has 2 rings (SSSR count). The minimum absolute atomic E-state index is 0.0905. The normalized spacial score (nSPS) is 11.7. The molecule has 1 aromatic carbocycles. The van der Waals surface area contributed by atoms with E-state index < -0.39 is 27.0 Å². The van der Waals surface area contributed by atoms with Crippen molar-refractivity contribution in [1.29, 1.82) is 0 Å². The first-order valence-corrected chi connectivity index (χ1v) is 3.63. The number of phenolic OH excluding ortho intramolecular Hbond substituents is 1. The summed E-state index contributed by atoms with van der Waals surface area (Å²) in [4.78, 5) is 19.2. The zero-order chi connectivity index (χ0) is 11.2. The molecule has 0 unspecified atom stereocenters. The maximum absolute atomic E-state index is 10.6. The van der Waals surface area contributed by atoms with Crippen molar-refractivity contribution in [3.05, 3.63) is 26.3 Å². The fourth-order valence-corrected chi connectivity index (χ4v) is 1.19. The fourth-order valence-electron chi connectivity index (χ4n) is 1.19. The van der Waals surface area contributed by atoms with Crippen LogP contribution in [0.4, 0.5) is 22.7 Å². The summed E-state index contributed by atoms with van der Waals surface area (Å²) in [6, 6.07) is 0.690. The molecule has 1 N–H and O–H groups in total. The van der Waals surface area contributed by atoms with Gasteiger partial charge in [-0.1, -0.05) is 0 Å². The number of phenols is 1. The lowest BCUT2D eigenvalue weighted by atomic mass is 10.1. The molecule has 1 heterocycles. The molecule has 9 heteroatoms. The summed E-state index contributed by atoms with van der Waals surface area (Å²) < 4.78 is 0. The summed E-state index contributed by atoms with van der Waals surface area (Å²) in [5.41, 5.74) is -1.89. The number of rotatable bonds is 2. The minimum atomic E-state index is -0.952. The highest BCUT2D eigenvalue weighted by atomic mass is 16.6. The third kappa shape index (κ3) is 1.10. The number of azo groups is 1. The molecule has 0 fully saturated rings. The third-order valence-corrected chi connectivity index (χ3v) is 1.84. The Bertz CT molecular complexity index is 523. The molecule has 0 aromatic heterocycles. The van der Waals surface area contributed by atoms with Crippen LogP contribution in [0.3, 0.4) is 0 Å². The fraction of sp³-hybridized carbons (Fsp3) is 0. The van der Waals surface area contributed by atoms with Crippen molar-refractivity contribution < 1.29 is 15.0 Å². The molecule has 0 spiro atoms. The SMILES string of the molecule is O=[N+]([O-])c1cc(O)c2c(c1[N+](=O)[O-])N=N2. The third-order valence-electron chi connectivity index (χ3n) is 1.84. The van der Waals surface area contributed by atoms with E-state index in [0.29, 0.717) is 6.07 Å². The smallest absolute Gasteiger partial charge is 0.375 e. The Morgan fingerprint density at radius 2 is 1.73 bits per heavy atom. The second-order valence-electron chi connectivity index (χ2n) is 2.67. The number of nitro benzene ring substituents is 2. The maximum atomic E-state index is 10.6. The summed E-state index contributed by atoms with van der Waals surface area (Å²) in [5, 5.41) is 36.9. The monoisotopic (exact) mass is 210 g/mol. The van der Waals surface area contributed by atoms with Crippen LogP contribution in [-0.4, -0.2) is 15.0 Å². The van der Waals surface area contributed by atoms with E-state index in [2.05, 4.69) is 10.2 Å². The maximum Gasteiger partial charge on any atom is 0.375 e. The van der Waals surface area contributed by atoms with Gasteiger partial charge in [-0.05, 0) is 0 Å². The predicted octanol–water partition coefficient (Wildman–Crippen LogP) is 1.94. The van der Waals surface area contributed by atoms with Gasteiger partial charge < -0.3 is 5.11 Å². The molecule has 1 aromatic rings. The van der Waals surface area contributed by atoms with Crippen LogP contribution in [0.15, 0.2) is 16.3 Å². The molecule has 1 aliphatic rings. The van der Waals surface area contributed by atoms with Gasteiger partial charge >= 0.3 is 11.4 Å². The van der Waals surface area contributed by atoms with Crippen molar-refractivity contribution in [2.75, 3.05) is 0 Å². The van der Waals surface area contributed by atoms with Crippen molar-refractivity contribution in [2.24, 2.45) is 10.2 Å². The van der Waals surface area contributed by atoms with Crippen molar-refractivity contribution in [3.8, 4) is 5.75 Å². The summed E-state index contributed by atoms with van der Waals surface area (Å²) in [6.45, 7) is 0. The zero-order valence-electron chi connectivity index (χ0n) is 6.95. The van der Waals surface area contributed by atoms with Gasteiger partial charge in [0.25, 0.3) is 0 Å². The second-order valence-corrected chi connectivity index (χ2v) is 2.67. The molecular formula is C6H2N4O5. The average Bonchev–Trinajstić information content (AvgIpc) is 2.06. The van der Waals surface area contributed by atoms with Gasteiger partial charge in [0.15, 0.2) is 11.4 Å². The number of nitro groups is 2. The molecular weight excluding hydrogens is 208 g/mol. The molecule has 15 heavy (non-hydrogen) atoms. The van der Waals surface area contributed by atoms with Crippen LogP contribution in [-0.2, 0) is 0 Å². The molecule has 0 radical (unpaired) electrons. The molecule has 76 valence electrons. The Morgan fingerprint density at radius 1 is 1.13 bits per heavy atom. The van der Waals surface area contributed by atoms with Crippen LogP contribution in [0.5, 0.6) is 5.75 Å². The Hall–Kier alpha value is -2.58. The Balaban J connectivity index is 2.77. The van der Waals surface area contributed by atoms with Crippen molar-refractivity contribution in [2.45, 2.75) is 0 Å². The highest BCUT2D eigenvalue weighted by Crippen LogP contribution is 2.54. The Labute approximate surface area is 81.0 Å². The van der Waals surface area contributed by atoms with Crippen LogP contribution in [0.1, 0.15) is 0 Å². The molecule has 0 bridgehead atoms. The van der Waals surface area contributed by atoms with Gasteiger partial charge in [0.05, 0.1) is 15.9 Å². The summed E-state index contributed by atoms with van der Waals surface area (Å²) in [7, 11) is 0. The van der Waals surface area contributed by atoms with Gasteiger partial charge in [-0.15, -0.1) is 10.2 Å². The van der Waals surface area contributed by atoms with E-state index in [0.717, 1.165) is 0 Å². The highest BCUT2D eigenvalue weighted by molar-refractivity contribution is 5.87. The molecule has 1 aliphatic heterocycles. The number of hydrogen-bond acceptors (Lipinski definition) is 7. The van der Waals surface area contributed by atoms with Gasteiger partial charge in [0.2, 0.25) is 5.69 Å². The van der Waals surface area contributed by atoms with Crippen LogP contribution >= 0.6 is 0 Å². The van der Waals surface area contributed by atoms with Gasteiger partial charge in [0.1, 0.15) is 0 Å². The molecule has 9 nitrogen and oxygen atoms in total. The van der Waals surface area contributed by atoms with Crippen molar-refractivity contribution >= 4 is 22.7 Å². The van der Waals surface area contributed by atoms with Crippen molar-refractivity contribution in [1.82, 2.24) is 0 Å². The molecule has 0 saturated heterocycles. The molecule has 0 aliphatic carbocycles. The number of nitrogens with zero attached hydrogens (tertiary/aromatic N) is 4. The summed E-state index contributed by atoms with van der Waals surface area (Å²) >= 11 is 0. The van der Waals surface area contributed by atoms with Gasteiger partial charge in [-0.2, -0.15) is 0 Å². The highest BCUT2D eigenvalue weighted by Gasteiger charge is 2.37. The molecule has 0 saturated carbocycles. The van der Waals surface area contributed by atoms with Crippen LogP contribution < -0.4 is 0 Å². The molecule has 0 amide bonds. The zero-order valence-corrected chi connectivity index (χ0v) is 6.95. The first-order valence-electron chi connectivity index (χ1n) is 3.63. The Kier molecular flexibility index (Phi) is 1.62. The number of fused-ring (bicyclic) bond motifs is 1. The summed E-state index contributed by atoms with van der Waals surface area (Å²) in [5.74, 6) is -0.489. The van der Waals surface area contributed by atoms with E-state index in [9.17, 15) is 25.3 Å². The van der Waals surface area contributed by atoms with Crippen LogP contribution in [0.2, 0.25) is 0 Å². The molecule has 0 atom stereocenters. The first-order chi connectivity index (χ1) is 7.02. The van der Waals surface area contributed by atoms with E-state index in [4.69, 9.17) is 0 Å².